The van der Waals surface area contributed by atoms with Crippen molar-refractivity contribution in [3.8, 4) is 11.5 Å². The van der Waals surface area contributed by atoms with Crippen LogP contribution in [-0.2, 0) is 6.54 Å². The molecule has 2 aromatic carbocycles. The lowest BCUT2D eigenvalue weighted by Gasteiger charge is -2.07. The Morgan fingerprint density at radius 1 is 1.12 bits per heavy atom. The third kappa shape index (κ3) is 3.05. The van der Waals surface area contributed by atoms with E-state index in [-0.39, 0.29) is 5.82 Å². The maximum Gasteiger partial charge on any atom is 0.137 e. The molecular weight excluding hydrogens is 285 g/mol. The standard InChI is InChI=1S/C13H11BrFNO/c14-12-7-11(4-5-13(12)15)17-10-3-1-2-9(6-10)8-16/h1-7H,8,16H2. The predicted molar refractivity (Wildman–Crippen MR) is 68.5 cm³/mol. The van der Waals surface area contributed by atoms with Gasteiger partial charge < -0.3 is 10.5 Å². The second-order valence-electron chi connectivity index (χ2n) is 3.53. The molecule has 0 saturated heterocycles. The zero-order chi connectivity index (χ0) is 12.3. The molecule has 0 unspecified atom stereocenters. The minimum atomic E-state index is -0.312. The summed E-state index contributed by atoms with van der Waals surface area (Å²) in [6, 6.07) is 12.0. The van der Waals surface area contributed by atoms with Crippen LogP contribution in [-0.4, -0.2) is 0 Å². The van der Waals surface area contributed by atoms with Crippen molar-refractivity contribution in [2.24, 2.45) is 5.73 Å². The SMILES string of the molecule is NCc1cccc(Oc2ccc(F)c(Br)c2)c1. The van der Waals surface area contributed by atoms with E-state index in [9.17, 15) is 4.39 Å². The van der Waals surface area contributed by atoms with Gasteiger partial charge in [0.05, 0.1) is 4.47 Å². The van der Waals surface area contributed by atoms with Crippen molar-refractivity contribution in [3.63, 3.8) is 0 Å². The van der Waals surface area contributed by atoms with E-state index >= 15 is 0 Å². The average Bonchev–Trinajstić information content (AvgIpc) is 2.34. The van der Waals surface area contributed by atoms with Gasteiger partial charge in [0.2, 0.25) is 0 Å². The van der Waals surface area contributed by atoms with Gasteiger partial charge in [-0.15, -0.1) is 0 Å². The van der Waals surface area contributed by atoms with Crippen LogP contribution in [0.2, 0.25) is 0 Å². The Morgan fingerprint density at radius 3 is 2.59 bits per heavy atom. The summed E-state index contributed by atoms with van der Waals surface area (Å²) in [5.74, 6) is 0.951. The van der Waals surface area contributed by atoms with Crippen LogP contribution in [0.15, 0.2) is 46.9 Å². The van der Waals surface area contributed by atoms with E-state index in [4.69, 9.17) is 10.5 Å². The lowest BCUT2D eigenvalue weighted by Crippen LogP contribution is -1.96. The van der Waals surface area contributed by atoms with Gasteiger partial charge in [-0.3, -0.25) is 0 Å². The largest absolute Gasteiger partial charge is 0.457 e. The van der Waals surface area contributed by atoms with Crippen molar-refractivity contribution in [2.45, 2.75) is 6.54 Å². The second-order valence-corrected chi connectivity index (χ2v) is 4.38. The third-order valence-corrected chi connectivity index (χ3v) is 2.87. The minimum Gasteiger partial charge on any atom is -0.457 e. The Morgan fingerprint density at radius 2 is 1.88 bits per heavy atom. The van der Waals surface area contributed by atoms with Crippen LogP contribution in [0.5, 0.6) is 11.5 Å². The first kappa shape index (κ1) is 12.1. The fourth-order valence-electron chi connectivity index (χ4n) is 1.41. The normalized spacial score (nSPS) is 10.3. The summed E-state index contributed by atoms with van der Waals surface area (Å²) in [5, 5.41) is 0. The van der Waals surface area contributed by atoms with Gasteiger partial charge in [-0.2, -0.15) is 0 Å². The highest BCUT2D eigenvalue weighted by Gasteiger charge is 2.02. The van der Waals surface area contributed by atoms with Gasteiger partial charge in [-0.1, -0.05) is 12.1 Å². The van der Waals surface area contributed by atoms with Crippen LogP contribution >= 0.6 is 15.9 Å². The summed E-state index contributed by atoms with van der Waals surface area (Å²) in [5.41, 5.74) is 6.53. The van der Waals surface area contributed by atoms with Gasteiger partial charge >= 0.3 is 0 Å². The van der Waals surface area contributed by atoms with E-state index in [1.807, 2.05) is 24.3 Å². The van der Waals surface area contributed by atoms with Crippen LogP contribution < -0.4 is 10.5 Å². The topological polar surface area (TPSA) is 35.2 Å². The summed E-state index contributed by atoms with van der Waals surface area (Å²) in [6.07, 6.45) is 0. The number of nitrogens with two attached hydrogens (primary N) is 1. The molecule has 0 spiro atoms. The van der Waals surface area contributed by atoms with Gasteiger partial charge in [0.15, 0.2) is 0 Å². The lowest BCUT2D eigenvalue weighted by molar-refractivity contribution is 0.479. The van der Waals surface area contributed by atoms with Crippen molar-refractivity contribution in [3.05, 3.63) is 58.3 Å². The molecule has 0 fully saturated rings. The summed E-state index contributed by atoms with van der Waals surface area (Å²) < 4.78 is 19.0. The van der Waals surface area contributed by atoms with Gasteiger partial charge in [0.1, 0.15) is 17.3 Å². The van der Waals surface area contributed by atoms with E-state index in [0.29, 0.717) is 22.5 Å². The molecule has 0 heterocycles. The van der Waals surface area contributed by atoms with Gasteiger partial charge in [-0.05, 0) is 51.8 Å². The molecule has 4 heteroatoms. The molecule has 0 radical (unpaired) electrons. The molecule has 0 amide bonds. The van der Waals surface area contributed by atoms with E-state index < -0.39 is 0 Å². The van der Waals surface area contributed by atoms with Crippen molar-refractivity contribution < 1.29 is 9.13 Å². The number of halogens is 2. The summed E-state index contributed by atoms with van der Waals surface area (Å²) in [4.78, 5) is 0. The number of hydrogen-bond donors (Lipinski definition) is 1. The molecule has 2 rings (SSSR count). The highest BCUT2D eigenvalue weighted by molar-refractivity contribution is 9.10. The lowest BCUT2D eigenvalue weighted by atomic mass is 10.2. The molecule has 17 heavy (non-hydrogen) atoms. The van der Waals surface area contributed by atoms with Crippen LogP contribution in [0, 0.1) is 5.82 Å². The van der Waals surface area contributed by atoms with Crippen LogP contribution in [0.1, 0.15) is 5.56 Å². The smallest absolute Gasteiger partial charge is 0.137 e. The molecule has 88 valence electrons. The van der Waals surface area contributed by atoms with Crippen LogP contribution in [0.4, 0.5) is 4.39 Å². The Bertz CT molecular complexity index is 531. The Balaban J connectivity index is 2.22. The molecule has 2 nitrogen and oxygen atoms in total. The monoisotopic (exact) mass is 295 g/mol. The maximum absolute atomic E-state index is 13.0. The molecule has 2 N–H and O–H groups in total. The minimum absolute atomic E-state index is 0.312. The molecule has 0 saturated carbocycles. The number of ether oxygens (including phenoxy) is 1. The van der Waals surface area contributed by atoms with Crippen LogP contribution in [0.25, 0.3) is 0 Å². The second kappa shape index (κ2) is 5.29. The zero-order valence-corrected chi connectivity index (χ0v) is 10.6. The first-order valence-electron chi connectivity index (χ1n) is 5.11. The molecule has 0 aliphatic carbocycles. The highest BCUT2D eigenvalue weighted by atomic mass is 79.9. The maximum atomic E-state index is 13.0. The first-order chi connectivity index (χ1) is 8.19. The van der Waals surface area contributed by atoms with E-state index in [2.05, 4.69) is 15.9 Å². The highest BCUT2D eigenvalue weighted by Crippen LogP contribution is 2.26. The molecular formula is C13H11BrFNO. The molecule has 2 aromatic rings. The van der Waals surface area contributed by atoms with Gasteiger partial charge in [0.25, 0.3) is 0 Å². The molecule has 0 atom stereocenters. The average molecular weight is 296 g/mol. The predicted octanol–water partition coefficient (Wildman–Crippen LogP) is 3.84. The van der Waals surface area contributed by atoms with E-state index in [1.165, 1.54) is 6.07 Å². The van der Waals surface area contributed by atoms with Crippen molar-refractivity contribution >= 4 is 15.9 Å². The third-order valence-electron chi connectivity index (χ3n) is 2.26. The number of rotatable bonds is 3. The summed E-state index contributed by atoms with van der Waals surface area (Å²) in [7, 11) is 0. The Labute approximate surface area is 107 Å². The zero-order valence-electron chi connectivity index (χ0n) is 8.99. The molecule has 0 bridgehead atoms. The Kier molecular flexibility index (Phi) is 3.76. The Hall–Kier alpha value is -1.39. The fourth-order valence-corrected chi connectivity index (χ4v) is 1.77. The van der Waals surface area contributed by atoms with E-state index in [0.717, 1.165) is 5.56 Å². The van der Waals surface area contributed by atoms with E-state index in [1.54, 1.807) is 12.1 Å². The van der Waals surface area contributed by atoms with Crippen molar-refractivity contribution in [1.82, 2.24) is 0 Å². The van der Waals surface area contributed by atoms with Gasteiger partial charge in [-0.25, -0.2) is 4.39 Å². The quantitative estimate of drug-likeness (QED) is 0.934. The summed E-state index contributed by atoms with van der Waals surface area (Å²) >= 11 is 3.11. The summed E-state index contributed by atoms with van der Waals surface area (Å²) in [6.45, 7) is 0.463. The fraction of sp³-hybridized carbons (Fsp3) is 0.0769. The molecule has 0 aliphatic rings. The van der Waals surface area contributed by atoms with Crippen molar-refractivity contribution in [1.29, 1.82) is 0 Å². The van der Waals surface area contributed by atoms with Crippen LogP contribution in [0.3, 0.4) is 0 Å². The molecule has 0 aromatic heterocycles. The number of benzene rings is 2. The molecule has 0 aliphatic heterocycles. The number of hydrogen-bond acceptors (Lipinski definition) is 2. The van der Waals surface area contributed by atoms with Crippen molar-refractivity contribution in [2.75, 3.05) is 0 Å². The van der Waals surface area contributed by atoms with Gasteiger partial charge in [0, 0.05) is 6.54 Å². The first-order valence-corrected chi connectivity index (χ1v) is 5.90.